The van der Waals surface area contributed by atoms with E-state index in [0.717, 1.165) is 38.6 Å². The number of amides is 1. The molecule has 0 aromatic rings. The third kappa shape index (κ3) is 4.66. The van der Waals surface area contributed by atoms with E-state index >= 15 is 0 Å². The van der Waals surface area contributed by atoms with Crippen LogP contribution in [0, 0.1) is 5.92 Å². The lowest BCUT2D eigenvalue weighted by molar-refractivity contribution is -0.134. The largest absolute Gasteiger partial charge is 0.340 e. The number of carbonyl (C=O) groups is 1. The van der Waals surface area contributed by atoms with Gasteiger partial charge in [0.25, 0.3) is 0 Å². The summed E-state index contributed by atoms with van der Waals surface area (Å²) in [5.74, 6) is 0.944. The fraction of sp³-hybridized carbons (Fsp3) is 0.929. The molecule has 0 heterocycles. The molecule has 1 fully saturated rings. The summed E-state index contributed by atoms with van der Waals surface area (Å²) in [7, 11) is 0. The van der Waals surface area contributed by atoms with E-state index in [1.807, 2.05) is 0 Å². The van der Waals surface area contributed by atoms with E-state index in [0.29, 0.717) is 30.3 Å². The maximum Gasteiger partial charge on any atom is 0.222 e. The SMILES string of the molecule is CCN(C(=O)CCC(C)C)C1CCC(N)CC1. The number of carbonyl (C=O) groups excluding carboxylic acids is 1. The number of nitrogens with zero attached hydrogens (tertiary/aromatic N) is 1. The Kier molecular flexibility index (Phi) is 5.96. The zero-order valence-corrected chi connectivity index (χ0v) is 11.6. The van der Waals surface area contributed by atoms with Gasteiger partial charge in [-0.05, 0) is 44.9 Å². The second-order valence-corrected chi connectivity index (χ2v) is 5.68. The van der Waals surface area contributed by atoms with Crippen LogP contribution in [-0.4, -0.2) is 29.4 Å². The van der Waals surface area contributed by atoms with Crippen LogP contribution in [0.2, 0.25) is 0 Å². The van der Waals surface area contributed by atoms with Crippen LogP contribution in [0.15, 0.2) is 0 Å². The molecule has 1 saturated carbocycles. The number of nitrogens with two attached hydrogens (primary N) is 1. The molecule has 0 saturated heterocycles. The summed E-state index contributed by atoms with van der Waals surface area (Å²) in [6.45, 7) is 7.27. The molecule has 0 spiro atoms. The van der Waals surface area contributed by atoms with Crippen molar-refractivity contribution < 1.29 is 4.79 Å². The minimum absolute atomic E-state index is 0.335. The van der Waals surface area contributed by atoms with Crippen molar-refractivity contribution in [2.75, 3.05) is 6.54 Å². The highest BCUT2D eigenvalue weighted by atomic mass is 16.2. The van der Waals surface area contributed by atoms with Gasteiger partial charge >= 0.3 is 0 Å². The van der Waals surface area contributed by atoms with Crippen LogP contribution in [0.3, 0.4) is 0 Å². The Morgan fingerprint density at radius 1 is 1.29 bits per heavy atom. The quantitative estimate of drug-likeness (QED) is 0.802. The molecule has 1 amide bonds. The Morgan fingerprint density at radius 2 is 1.88 bits per heavy atom. The van der Waals surface area contributed by atoms with Crippen molar-refractivity contribution in [3.05, 3.63) is 0 Å². The lowest BCUT2D eigenvalue weighted by Crippen LogP contribution is -2.44. The first-order valence-electron chi connectivity index (χ1n) is 7.09. The molecule has 2 N–H and O–H groups in total. The van der Waals surface area contributed by atoms with Crippen molar-refractivity contribution in [2.24, 2.45) is 11.7 Å². The summed E-state index contributed by atoms with van der Waals surface area (Å²) in [5.41, 5.74) is 5.91. The molecule has 1 rings (SSSR count). The lowest BCUT2D eigenvalue weighted by Gasteiger charge is -2.35. The van der Waals surface area contributed by atoms with Gasteiger partial charge in [-0.25, -0.2) is 0 Å². The van der Waals surface area contributed by atoms with Crippen molar-refractivity contribution in [3.8, 4) is 0 Å². The molecule has 3 nitrogen and oxygen atoms in total. The Bertz CT molecular complexity index is 232. The summed E-state index contributed by atoms with van der Waals surface area (Å²) < 4.78 is 0. The fourth-order valence-electron chi connectivity index (χ4n) is 2.61. The Labute approximate surface area is 106 Å². The maximum absolute atomic E-state index is 12.2. The second-order valence-electron chi connectivity index (χ2n) is 5.68. The molecule has 17 heavy (non-hydrogen) atoms. The van der Waals surface area contributed by atoms with Gasteiger partial charge in [0.15, 0.2) is 0 Å². The van der Waals surface area contributed by atoms with E-state index in [2.05, 4.69) is 25.7 Å². The first-order chi connectivity index (χ1) is 8.04. The van der Waals surface area contributed by atoms with E-state index < -0.39 is 0 Å². The van der Waals surface area contributed by atoms with E-state index in [9.17, 15) is 4.79 Å². The molecular formula is C14H28N2O. The predicted octanol–water partition coefficient (Wildman–Crippen LogP) is 2.54. The summed E-state index contributed by atoms with van der Waals surface area (Å²) >= 11 is 0. The summed E-state index contributed by atoms with van der Waals surface area (Å²) in [5, 5.41) is 0. The van der Waals surface area contributed by atoms with Gasteiger partial charge < -0.3 is 10.6 Å². The molecule has 0 radical (unpaired) electrons. The van der Waals surface area contributed by atoms with Crippen molar-refractivity contribution in [1.82, 2.24) is 4.90 Å². The standard InChI is InChI=1S/C14H28N2O/c1-4-16(14(17)10-5-11(2)3)13-8-6-12(15)7-9-13/h11-13H,4-10,15H2,1-3H3. The van der Waals surface area contributed by atoms with Crippen LogP contribution in [0.5, 0.6) is 0 Å². The van der Waals surface area contributed by atoms with Crippen LogP contribution in [-0.2, 0) is 4.79 Å². The maximum atomic E-state index is 12.2. The molecule has 0 aromatic heterocycles. The van der Waals surface area contributed by atoms with E-state index in [4.69, 9.17) is 5.73 Å². The van der Waals surface area contributed by atoms with Crippen molar-refractivity contribution in [2.45, 2.75) is 71.4 Å². The van der Waals surface area contributed by atoms with Crippen LogP contribution >= 0.6 is 0 Å². The first kappa shape index (κ1) is 14.5. The van der Waals surface area contributed by atoms with Gasteiger partial charge in [-0.15, -0.1) is 0 Å². The molecular weight excluding hydrogens is 212 g/mol. The van der Waals surface area contributed by atoms with E-state index in [-0.39, 0.29) is 0 Å². The minimum Gasteiger partial charge on any atom is -0.340 e. The summed E-state index contributed by atoms with van der Waals surface area (Å²) in [6.07, 6.45) is 6.01. The van der Waals surface area contributed by atoms with Gasteiger partial charge in [0, 0.05) is 25.0 Å². The summed E-state index contributed by atoms with van der Waals surface area (Å²) in [6, 6.07) is 0.801. The molecule has 1 aliphatic carbocycles. The van der Waals surface area contributed by atoms with Crippen molar-refractivity contribution >= 4 is 5.91 Å². The molecule has 0 bridgehead atoms. The molecule has 0 unspecified atom stereocenters. The zero-order chi connectivity index (χ0) is 12.8. The minimum atomic E-state index is 0.335. The molecule has 0 aromatic carbocycles. The predicted molar refractivity (Wildman–Crippen MR) is 71.7 cm³/mol. The third-order valence-electron chi connectivity index (χ3n) is 3.78. The van der Waals surface area contributed by atoms with Gasteiger partial charge in [-0.3, -0.25) is 4.79 Å². The Hall–Kier alpha value is -0.570. The molecule has 0 atom stereocenters. The normalized spacial score (nSPS) is 25.0. The van der Waals surface area contributed by atoms with Crippen LogP contribution < -0.4 is 5.73 Å². The van der Waals surface area contributed by atoms with Gasteiger partial charge in [-0.1, -0.05) is 13.8 Å². The van der Waals surface area contributed by atoms with Gasteiger partial charge in [0.05, 0.1) is 0 Å². The molecule has 0 aliphatic heterocycles. The average Bonchev–Trinajstić information content (AvgIpc) is 2.30. The van der Waals surface area contributed by atoms with Gasteiger partial charge in [0.2, 0.25) is 5.91 Å². The molecule has 3 heteroatoms. The van der Waals surface area contributed by atoms with Crippen LogP contribution in [0.4, 0.5) is 0 Å². The van der Waals surface area contributed by atoms with E-state index in [1.165, 1.54) is 0 Å². The zero-order valence-electron chi connectivity index (χ0n) is 11.6. The van der Waals surface area contributed by atoms with Crippen molar-refractivity contribution in [3.63, 3.8) is 0 Å². The average molecular weight is 240 g/mol. The van der Waals surface area contributed by atoms with Crippen molar-refractivity contribution in [1.29, 1.82) is 0 Å². The lowest BCUT2D eigenvalue weighted by atomic mass is 9.90. The highest BCUT2D eigenvalue weighted by Gasteiger charge is 2.26. The highest BCUT2D eigenvalue weighted by molar-refractivity contribution is 5.76. The van der Waals surface area contributed by atoms with E-state index in [1.54, 1.807) is 0 Å². The Morgan fingerprint density at radius 3 is 2.35 bits per heavy atom. The van der Waals surface area contributed by atoms with Crippen LogP contribution in [0.1, 0.15) is 59.3 Å². The Balaban J connectivity index is 2.43. The fourth-order valence-corrected chi connectivity index (χ4v) is 2.61. The highest BCUT2D eigenvalue weighted by Crippen LogP contribution is 2.23. The first-order valence-corrected chi connectivity index (χ1v) is 7.09. The topological polar surface area (TPSA) is 46.3 Å². The smallest absolute Gasteiger partial charge is 0.222 e. The monoisotopic (exact) mass is 240 g/mol. The number of hydrogen-bond donors (Lipinski definition) is 1. The molecule has 1 aliphatic rings. The number of rotatable bonds is 5. The summed E-state index contributed by atoms with van der Waals surface area (Å²) in [4.78, 5) is 14.2. The third-order valence-corrected chi connectivity index (χ3v) is 3.78. The molecule has 100 valence electrons. The van der Waals surface area contributed by atoms with Gasteiger partial charge in [-0.2, -0.15) is 0 Å². The number of hydrogen-bond acceptors (Lipinski definition) is 2. The van der Waals surface area contributed by atoms with Gasteiger partial charge in [0.1, 0.15) is 0 Å². The second kappa shape index (κ2) is 7.00. The van der Waals surface area contributed by atoms with Crippen LogP contribution in [0.25, 0.3) is 0 Å².